The Kier molecular flexibility index (Phi) is 5.88. The molecular weight excluding hydrogens is 242 g/mol. The summed E-state index contributed by atoms with van der Waals surface area (Å²) in [5.74, 6) is -0.276. The number of amides is 1. The van der Waals surface area contributed by atoms with Crippen molar-refractivity contribution < 1.29 is 14.3 Å². The van der Waals surface area contributed by atoms with Crippen LogP contribution in [0.5, 0.6) is 0 Å². The van der Waals surface area contributed by atoms with E-state index in [4.69, 9.17) is 15.2 Å². The molecule has 0 bridgehead atoms. The summed E-state index contributed by atoms with van der Waals surface area (Å²) in [6.45, 7) is 5.09. The number of hydrogen-bond donors (Lipinski definition) is 2. The summed E-state index contributed by atoms with van der Waals surface area (Å²) in [5.41, 5.74) is 5.76. The molecule has 1 amide bonds. The molecule has 17 heavy (non-hydrogen) atoms. The van der Waals surface area contributed by atoms with Crippen molar-refractivity contribution in [2.24, 2.45) is 0 Å². The van der Waals surface area contributed by atoms with Crippen molar-refractivity contribution in [1.82, 2.24) is 10.3 Å². The van der Waals surface area contributed by atoms with Crippen LogP contribution in [0.15, 0.2) is 5.38 Å². The summed E-state index contributed by atoms with van der Waals surface area (Å²) in [5, 5.41) is 4.67. The Morgan fingerprint density at radius 2 is 2.18 bits per heavy atom. The minimum Gasteiger partial charge on any atom is -0.375 e. The van der Waals surface area contributed by atoms with Gasteiger partial charge in [0.2, 0.25) is 0 Å². The Balaban J connectivity index is 2.40. The van der Waals surface area contributed by atoms with Crippen molar-refractivity contribution >= 4 is 22.4 Å². The van der Waals surface area contributed by atoms with Crippen LogP contribution in [0.25, 0.3) is 0 Å². The molecule has 0 radical (unpaired) electrons. The summed E-state index contributed by atoms with van der Waals surface area (Å²) < 4.78 is 10.6. The third-order valence-corrected chi connectivity index (χ3v) is 2.56. The number of thiazole rings is 1. The molecule has 0 aliphatic rings. The maximum atomic E-state index is 11.6. The molecule has 0 aliphatic heterocycles. The van der Waals surface area contributed by atoms with E-state index < -0.39 is 6.29 Å². The highest BCUT2D eigenvalue weighted by Crippen LogP contribution is 2.10. The average molecular weight is 259 g/mol. The van der Waals surface area contributed by atoms with Crippen molar-refractivity contribution in [3.63, 3.8) is 0 Å². The Hall–Kier alpha value is -1.18. The molecule has 3 N–H and O–H groups in total. The first-order valence-electron chi connectivity index (χ1n) is 5.39. The number of ether oxygens (including phenoxy) is 2. The highest BCUT2D eigenvalue weighted by molar-refractivity contribution is 7.13. The van der Waals surface area contributed by atoms with Crippen molar-refractivity contribution in [3.05, 3.63) is 11.1 Å². The summed E-state index contributed by atoms with van der Waals surface area (Å²) in [6, 6.07) is 0. The van der Waals surface area contributed by atoms with Gasteiger partial charge in [0, 0.05) is 18.6 Å². The van der Waals surface area contributed by atoms with Gasteiger partial charge >= 0.3 is 0 Å². The van der Waals surface area contributed by atoms with Crippen LogP contribution in [0.3, 0.4) is 0 Å². The van der Waals surface area contributed by atoms with Gasteiger partial charge < -0.3 is 20.5 Å². The summed E-state index contributed by atoms with van der Waals surface area (Å²) in [6.07, 6.45) is -0.426. The normalized spacial score (nSPS) is 10.8. The van der Waals surface area contributed by atoms with Crippen molar-refractivity contribution in [3.8, 4) is 0 Å². The summed E-state index contributed by atoms with van der Waals surface area (Å²) in [7, 11) is 0. The number of aromatic nitrogens is 1. The standard InChI is InChI=1S/C10H17N3O3S/c1-3-15-8(16-4-2)5-12-9(14)7-6-17-10(11)13-7/h6,8H,3-5H2,1-2H3,(H2,11,13)(H,12,14). The number of carbonyl (C=O) groups is 1. The number of rotatable bonds is 7. The molecule has 0 unspecified atom stereocenters. The zero-order valence-electron chi connectivity index (χ0n) is 9.93. The molecule has 1 rings (SSSR count). The lowest BCUT2D eigenvalue weighted by atomic mass is 10.4. The number of nitrogens with one attached hydrogen (secondary N) is 1. The maximum Gasteiger partial charge on any atom is 0.271 e. The third kappa shape index (κ3) is 4.68. The summed E-state index contributed by atoms with van der Waals surface area (Å²) in [4.78, 5) is 15.5. The second kappa shape index (κ2) is 7.21. The predicted octanol–water partition coefficient (Wildman–Crippen LogP) is 0.854. The number of nitrogens with two attached hydrogens (primary N) is 1. The van der Waals surface area contributed by atoms with E-state index in [0.717, 1.165) is 0 Å². The fraction of sp³-hybridized carbons (Fsp3) is 0.600. The molecule has 0 fully saturated rings. The highest BCUT2D eigenvalue weighted by Gasteiger charge is 2.13. The van der Waals surface area contributed by atoms with Crippen LogP contribution in [0.2, 0.25) is 0 Å². The van der Waals surface area contributed by atoms with Gasteiger partial charge in [0.05, 0.1) is 6.54 Å². The van der Waals surface area contributed by atoms with Crippen LogP contribution in [0, 0.1) is 0 Å². The van der Waals surface area contributed by atoms with Crippen LogP contribution in [0.1, 0.15) is 24.3 Å². The molecular formula is C10H17N3O3S. The molecule has 6 nitrogen and oxygen atoms in total. The number of nitrogens with zero attached hydrogens (tertiary/aromatic N) is 1. The SMILES string of the molecule is CCOC(CNC(=O)c1csc(N)n1)OCC. The van der Waals surface area contributed by atoms with Crippen LogP contribution >= 0.6 is 11.3 Å². The number of anilines is 1. The molecule has 0 atom stereocenters. The van der Waals surface area contributed by atoms with Crippen molar-refractivity contribution in [2.45, 2.75) is 20.1 Å². The fourth-order valence-corrected chi connectivity index (χ4v) is 1.74. The first-order chi connectivity index (χ1) is 8.17. The molecule has 7 heteroatoms. The van der Waals surface area contributed by atoms with Crippen LogP contribution in [-0.4, -0.2) is 36.9 Å². The molecule has 0 saturated heterocycles. The molecule has 1 aromatic rings. The molecule has 96 valence electrons. The molecule has 1 aromatic heterocycles. The zero-order valence-corrected chi connectivity index (χ0v) is 10.8. The fourth-order valence-electron chi connectivity index (χ4n) is 1.20. The highest BCUT2D eigenvalue weighted by atomic mass is 32.1. The van der Waals surface area contributed by atoms with Crippen molar-refractivity contribution in [2.75, 3.05) is 25.5 Å². The van der Waals surface area contributed by atoms with E-state index >= 15 is 0 Å². The van der Waals surface area contributed by atoms with E-state index in [0.29, 0.717) is 24.0 Å². The molecule has 0 saturated carbocycles. The minimum absolute atomic E-state index is 0.276. The minimum atomic E-state index is -0.426. The lowest BCUT2D eigenvalue weighted by Crippen LogP contribution is -2.35. The Bertz CT molecular complexity index is 350. The molecule has 0 aliphatic carbocycles. The van der Waals surface area contributed by atoms with Crippen LogP contribution in [0.4, 0.5) is 5.13 Å². The second-order valence-electron chi connectivity index (χ2n) is 3.12. The van der Waals surface area contributed by atoms with Gasteiger partial charge in [-0.25, -0.2) is 4.98 Å². The van der Waals surface area contributed by atoms with Gasteiger partial charge in [-0.15, -0.1) is 11.3 Å². The largest absolute Gasteiger partial charge is 0.375 e. The van der Waals surface area contributed by atoms with E-state index in [1.54, 1.807) is 5.38 Å². The van der Waals surface area contributed by atoms with E-state index in [1.807, 2.05) is 13.8 Å². The lowest BCUT2D eigenvalue weighted by molar-refractivity contribution is -0.131. The van der Waals surface area contributed by atoms with E-state index in [1.165, 1.54) is 11.3 Å². The van der Waals surface area contributed by atoms with Crippen molar-refractivity contribution in [1.29, 1.82) is 0 Å². The van der Waals surface area contributed by atoms with Gasteiger partial charge in [0.25, 0.3) is 5.91 Å². The van der Waals surface area contributed by atoms with Crippen LogP contribution < -0.4 is 11.1 Å². The van der Waals surface area contributed by atoms with E-state index in [9.17, 15) is 4.79 Å². The third-order valence-electron chi connectivity index (χ3n) is 1.89. The summed E-state index contributed by atoms with van der Waals surface area (Å²) >= 11 is 1.23. The van der Waals surface area contributed by atoms with Gasteiger partial charge in [0.1, 0.15) is 5.69 Å². The zero-order chi connectivity index (χ0) is 12.7. The van der Waals surface area contributed by atoms with Gasteiger partial charge in [-0.1, -0.05) is 0 Å². The lowest BCUT2D eigenvalue weighted by Gasteiger charge is -2.16. The molecule has 0 spiro atoms. The van der Waals surface area contributed by atoms with E-state index in [2.05, 4.69) is 10.3 Å². The average Bonchev–Trinajstić information content (AvgIpc) is 2.73. The monoisotopic (exact) mass is 259 g/mol. The number of carbonyl (C=O) groups excluding carboxylic acids is 1. The van der Waals surface area contributed by atoms with Gasteiger partial charge in [0.15, 0.2) is 11.4 Å². The molecule has 1 heterocycles. The quantitative estimate of drug-likeness (QED) is 0.709. The Labute approximate surface area is 104 Å². The first kappa shape index (κ1) is 13.9. The number of nitrogen functional groups attached to an aromatic ring is 1. The topological polar surface area (TPSA) is 86.5 Å². The maximum absolute atomic E-state index is 11.6. The van der Waals surface area contributed by atoms with Gasteiger partial charge in [-0.2, -0.15) is 0 Å². The second-order valence-corrected chi connectivity index (χ2v) is 4.01. The predicted molar refractivity (Wildman–Crippen MR) is 65.9 cm³/mol. The smallest absolute Gasteiger partial charge is 0.271 e. The first-order valence-corrected chi connectivity index (χ1v) is 6.27. The van der Waals surface area contributed by atoms with Gasteiger partial charge in [-0.3, -0.25) is 4.79 Å². The molecule has 0 aromatic carbocycles. The van der Waals surface area contributed by atoms with Crippen LogP contribution in [-0.2, 0) is 9.47 Å². The van der Waals surface area contributed by atoms with Gasteiger partial charge in [-0.05, 0) is 13.8 Å². The Morgan fingerprint density at radius 3 is 2.65 bits per heavy atom. The van der Waals surface area contributed by atoms with E-state index in [-0.39, 0.29) is 12.5 Å². The Morgan fingerprint density at radius 1 is 1.53 bits per heavy atom. The number of hydrogen-bond acceptors (Lipinski definition) is 6.